The third-order valence-electron chi connectivity index (χ3n) is 7.08. The Bertz CT molecular complexity index is 458. The smallest absolute Gasteiger partial charge is 0.309 e. The number of carbonyl (C=O) groups is 1. The topological polar surface area (TPSA) is 57.5 Å². The zero-order chi connectivity index (χ0) is 17.3. The van der Waals surface area contributed by atoms with E-state index in [1.807, 2.05) is 6.92 Å². The Kier molecular flexibility index (Phi) is 5.60. The number of carboxylic acid groups (broad SMARTS) is 1. The number of rotatable bonds is 6. The maximum Gasteiger partial charge on any atom is 0.309 e. The first-order valence-corrected chi connectivity index (χ1v) is 9.27. The van der Waals surface area contributed by atoms with E-state index >= 15 is 0 Å². The highest BCUT2D eigenvalue weighted by Crippen LogP contribution is 2.62. The third-order valence-corrected chi connectivity index (χ3v) is 7.08. The largest absolute Gasteiger partial charge is 0.481 e. The lowest BCUT2D eigenvalue weighted by atomic mass is 9.46. The van der Waals surface area contributed by atoms with Crippen molar-refractivity contribution in [3.63, 3.8) is 0 Å². The second kappa shape index (κ2) is 6.96. The van der Waals surface area contributed by atoms with Crippen LogP contribution in [0.25, 0.3) is 0 Å². The van der Waals surface area contributed by atoms with E-state index in [1.54, 1.807) is 0 Å². The van der Waals surface area contributed by atoms with Crippen LogP contribution in [0.2, 0.25) is 0 Å². The van der Waals surface area contributed by atoms with E-state index in [9.17, 15) is 9.90 Å². The van der Waals surface area contributed by atoms with Gasteiger partial charge in [0.2, 0.25) is 0 Å². The number of carboxylic acids is 1. The lowest BCUT2D eigenvalue weighted by Crippen LogP contribution is -2.53. The number of aliphatic hydroxyl groups is 1. The molecule has 0 amide bonds. The fraction of sp³-hybridized carbons (Fsp3) is 0.850. The van der Waals surface area contributed by atoms with Crippen LogP contribution in [0.4, 0.5) is 0 Å². The second-order valence-electron chi connectivity index (χ2n) is 8.58. The Morgan fingerprint density at radius 1 is 1.35 bits per heavy atom. The molecule has 3 heteroatoms. The van der Waals surface area contributed by atoms with E-state index in [1.165, 1.54) is 5.57 Å². The first-order chi connectivity index (χ1) is 10.8. The summed E-state index contributed by atoms with van der Waals surface area (Å²) >= 11 is 0. The maximum absolute atomic E-state index is 12.0. The summed E-state index contributed by atoms with van der Waals surface area (Å²) in [6.45, 7) is 11.1. The Morgan fingerprint density at radius 2 is 2.04 bits per heavy atom. The molecule has 2 aliphatic rings. The van der Waals surface area contributed by atoms with Crippen molar-refractivity contribution in [2.75, 3.05) is 6.61 Å². The van der Waals surface area contributed by atoms with Crippen LogP contribution in [0, 0.1) is 28.6 Å². The van der Waals surface area contributed by atoms with E-state index in [2.05, 4.69) is 20.4 Å². The highest BCUT2D eigenvalue weighted by molar-refractivity contribution is 5.75. The molecular weight excluding hydrogens is 288 g/mol. The van der Waals surface area contributed by atoms with Crippen molar-refractivity contribution in [3.05, 3.63) is 12.2 Å². The van der Waals surface area contributed by atoms with Crippen LogP contribution in [-0.2, 0) is 4.79 Å². The maximum atomic E-state index is 12.0. The van der Waals surface area contributed by atoms with Crippen molar-refractivity contribution in [2.45, 2.75) is 72.1 Å². The molecule has 0 aliphatic heterocycles. The molecule has 2 aliphatic carbocycles. The van der Waals surface area contributed by atoms with Crippen molar-refractivity contribution in [2.24, 2.45) is 28.6 Å². The molecule has 2 N–H and O–H groups in total. The molecule has 2 fully saturated rings. The highest BCUT2D eigenvalue weighted by Gasteiger charge is 2.57. The predicted octanol–water partition coefficient (Wildman–Crippen LogP) is 4.65. The van der Waals surface area contributed by atoms with E-state index in [0.29, 0.717) is 11.8 Å². The SMILES string of the molecule is C=C1CC[C@@H]2[C@](C)(CCC[C@@]2(C)C(=O)O)[C@@H]1CC[C@@H](C)CCO. The third kappa shape index (κ3) is 3.35. The van der Waals surface area contributed by atoms with Gasteiger partial charge in [0.1, 0.15) is 0 Å². The lowest BCUT2D eigenvalue weighted by molar-refractivity contribution is -0.164. The summed E-state index contributed by atoms with van der Waals surface area (Å²) in [5.41, 5.74) is 0.817. The number of allylic oxidation sites excluding steroid dienone is 1. The van der Waals surface area contributed by atoms with Crippen molar-refractivity contribution >= 4 is 5.97 Å². The molecule has 3 nitrogen and oxygen atoms in total. The highest BCUT2D eigenvalue weighted by atomic mass is 16.4. The van der Waals surface area contributed by atoms with Crippen molar-refractivity contribution in [3.8, 4) is 0 Å². The van der Waals surface area contributed by atoms with Gasteiger partial charge in [0.15, 0.2) is 0 Å². The minimum atomic E-state index is -0.617. The molecule has 0 aromatic rings. The lowest BCUT2D eigenvalue weighted by Gasteiger charge is -2.57. The molecule has 0 unspecified atom stereocenters. The zero-order valence-electron chi connectivity index (χ0n) is 15.1. The minimum absolute atomic E-state index is 0.0691. The van der Waals surface area contributed by atoms with Crippen molar-refractivity contribution in [1.29, 1.82) is 0 Å². The number of aliphatic hydroxyl groups excluding tert-OH is 1. The zero-order valence-corrected chi connectivity index (χ0v) is 15.1. The van der Waals surface area contributed by atoms with Gasteiger partial charge >= 0.3 is 5.97 Å². The van der Waals surface area contributed by atoms with Crippen LogP contribution < -0.4 is 0 Å². The van der Waals surface area contributed by atoms with Crippen LogP contribution in [0.1, 0.15) is 72.1 Å². The van der Waals surface area contributed by atoms with Crippen LogP contribution in [0.5, 0.6) is 0 Å². The summed E-state index contributed by atoms with van der Waals surface area (Å²) in [4.78, 5) is 12.0. The van der Waals surface area contributed by atoms with Crippen LogP contribution >= 0.6 is 0 Å². The van der Waals surface area contributed by atoms with Crippen LogP contribution in [0.15, 0.2) is 12.2 Å². The first-order valence-electron chi connectivity index (χ1n) is 9.27. The van der Waals surface area contributed by atoms with Crippen molar-refractivity contribution < 1.29 is 15.0 Å². The van der Waals surface area contributed by atoms with Crippen LogP contribution in [0.3, 0.4) is 0 Å². The number of aliphatic carboxylic acids is 1. The average Bonchev–Trinajstić information content (AvgIpc) is 2.46. The molecule has 0 saturated heterocycles. The van der Waals surface area contributed by atoms with Gasteiger partial charge in [0, 0.05) is 6.61 Å². The van der Waals surface area contributed by atoms with Gasteiger partial charge in [-0.3, -0.25) is 4.79 Å². The molecule has 0 aromatic heterocycles. The summed E-state index contributed by atoms with van der Waals surface area (Å²) in [5, 5.41) is 19.0. The number of fused-ring (bicyclic) bond motifs is 1. The van der Waals surface area contributed by atoms with Gasteiger partial charge in [-0.15, -0.1) is 0 Å². The quantitative estimate of drug-likeness (QED) is 0.700. The fourth-order valence-electron chi connectivity index (χ4n) is 5.55. The molecular formula is C20H34O3. The van der Waals surface area contributed by atoms with Gasteiger partial charge in [0.05, 0.1) is 5.41 Å². The van der Waals surface area contributed by atoms with Gasteiger partial charge in [0.25, 0.3) is 0 Å². The molecule has 0 bridgehead atoms. The summed E-state index contributed by atoms with van der Waals surface area (Å²) in [6, 6.07) is 0. The Labute approximate surface area is 141 Å². The van der Waals surface area contributed by atoms with Crippen molar-refractivity contribution in [1.82, 2.24) is 0 Å². The summed E-state index contributed by atoms with van der Waals surface area (Å²) in [5.74, 6) is 0.589. The molecule has 0 radical (unpaired) electrons. The minimum Gasteiger partial charge on any atom is -0.481 e. The summed E-state index contributed by atoms with van der Waals surface area (Å²) in [7, 11) is 0. The summed E-state index contributed by atoms with van der Waals surface area (Å²) in [6.07, 6.45) is 7.92. The number of hydrogen-bond donors (Lipinski definition) is 2. The molecule has 5 atom stereocenters. The first kappa shape index (κ1) is 18.5. The Morgan fingerprint density at radius 3 is 2.65 bits per heavy atom. The predicted molar refractivity (Wildman–Crippen MR) is 93.2 cm³/mol. The van der Waals surface area contributed by atoms with E-state index in [4.69, 9.17) is 5.11 Å². The molecule has 132 valence electrons. The molecule has 0 aromatic carbocycles. The molecule has 2 saturated carbocycles. The molecule has 0 heterocycles. The van der Waals surface area contributed by atoms with E-state index in [-0.39, 0.29) is 17.9 Å². The summed E-state index contributed by atoms with van der Waals surface area (Å²) < 4.78 is 0. The Hall–Kier alpha value is -0.830. The van der Waals surface area contributed by atoms with Gasteiger partial charge in [-0.05, 0) is 68.6 Å². The average molecular weight is 322 g/mol. The van der Waals surface area contributed by atoms with Gasteiger partial charge in [-0.2, -0.15) is 0 Å². The standard InChI is InChI=1S/C20H34O3/c1-14(10-13-21)6-8-16-15(2)7-9-17-19(16,3)11-5-12-20(17,4)18(22)23/h14,16-17,21H,2,5-13H2,1,3-4H3,(H,22,23)/t14-,16-,17-,19-,20-/m1/s1. The van der Waals surface area contributed by atoms with Gasteiger partial charge < -0.3 is 10.2 Å². The molecule has 23 heavy (non-hydrogen) atoms. The Balaban J connectivity index is 2.21. The van der Waals surface area contributed by atoms with Crippen LogP contribution in [-0.4, -0.2) is 22.8 Å². The number of hydrogen-bond acceptors (Lipinski definition) is 2. The molecule has 2 rings (SSSR count). The second-order valence-corrected chi connectivity index (χ2v) is 8.58. The fourth-order valence-corrected chi connectivity index (χ4v) is 5.55. The normalized spacial score (nSPS) is 38.9. The van der Waals surface area contributed by atoms with E-state index in [0.717, 1.165) is 51.4 Å². The van der Waals surface area contributed by atoms with E-state index < -0.39 is 11.4 Å². The molecule has 0 spiro atoms. The van der Waals surface area contributed by atoms with Gasteiger partial charge in [-0.1, -0.05) is 38.8 Å². The monoisotopic (exact) mass is 322 g/mol. The van der Waals surface area contributed by atoms with Gasteiger partial charge in [-0.25, -0.2) is 0 Å².